The van der Waals surface area contributed by atoms with Crippen molar-refractivity contribution >= 4 is 45.0 Å². The van der Waals surface area contributed by atoms with Gasteiger partial charge in [0.25, 0.3) is 0 Å². The smallest absolute Gasteiger partial charge is 0.230 e. The minimum atomic E-state index is -0.277. The molecule has 0 radical (unpaired) electrons. The lowest BCUT2D eigenvalue weighted by molar-refractivity contribution is -0.153. The van der Waals surface area contributed by atoms with Crippen molar-refractivity contribution in [1.82, 2.24) is 14.9 Å². The normalized spacial score (nSPS) is 18.5. The van der Waals surface area contributed by atoms with Crippen molar-refractivity contribution in [2.24, 2.45) is 5.41 Å². The third-order valence-electron chi connectivity index (χ3n) is 3.49. The van der Waals surface area contributed by atoms with E-state index in [-0.39, 0.29) is 23.8 Å². The Kier molecular flexibility index (Phi) is 3.45. The van der Waals surface area contributed by atoms with Crippen LogP contribution in [0.2, 0.25) is 5.15 Å². The van der Waals surface area contributed by atoms with Gasteiger partial charge in [-0.1, -0.05) is 25.4 Å². The van der Waals surface area contributed by atoms with Crippen LogP contribution in [0.3, 0.4) is 0 Å². The summed E-state index contributed by atoms with van der Waals surface area (Å²) in [7, 11) is 0. The van der Waals surface area contributed by atoms with Gasteiger partial charge in [0.2, 0.25) is 11.8 Å². The summed E-state index contributed by atoms with van der Waals surface area (Å²) < 4.78 is 0. The van der Waals surface area contributed by atoms with Crippen LogP contribution in [-0.4, -0.2) is 26.7 Å². The van der Waals surface area contributed by atoms with Crippen LogP contribution in [0, 0.1) is 5.41 Å². The van der Waals surface area contributed by atoms with Crippen LogP contribution in [0.15, 0.2) is 11.4 Å². The zero-order valence-corrected chi connectivity index (χ0v) is 13.3. The molecule has 2 aromatic heterocycles. The van der Waals surface area contributed by atoms with Crippen LogP contribution in [0.25, 0.3) is 10.2 Å². The second kappa shape index (κ2) is 5.03. The number of carbonyl (C=O) groups excluding carboxylic acids is 2. The molecule has 0 spiro atoms. The molecule has 0 aliphatic carbocycles. The van der Waals surface area contributed by atoms with Gasteiger partial charge >= 0.3 is 0 Å². The third kappa shape index (κ3) is 2.78. The molecular weight excluding hydrogens is 310 g/mol. The number of hydrogen-bond acceptors (Lipinski definition) is 5. The topological polar surface area (TPSA) is 63.2 Å². The molecule has 0 bridgehead atoms. The van der Waals surface area contributed by atoms with Crippen LogP contribution >= 0.6 is 22.9 Å². The number of carbonyl (C=O) groups is 2. The van der Waals surface area contributed by atoms with Crippen LogP contribution in [0.1, 0.15) is 32.5 Å². The van der Waals surface area contributed by atoms with Gasteiger partial charge in [0.1, 0.15) is 9.98 Å². The van der Waals surface area contributed by atoms with Crippen LogP contribution < -0.4 is 0 Å². The molecule has 21 heavy (non-hydrogen) atoms. The highest BCUT2D eigenvalue weighted by Crippen LogP contribution is 2.32. The molecule has 0 saturated carbocycles. The fraction of sp³-hybridized carbons (Fsp3) is 0.429. The van der Waals surface area contributed by atoms with Crippen molar-refractivity contribution in [3.8, 4) is 0 Å². The van der Waals surface area contributed by atoms with Crippen LogP contribution in [-0.2, 0) is 16.1 Å². The van der Waals surface area contributed by atoms with Crippen LogP contribution in [0.5, 0.6) is 0 Å². The number of rotatable bonds is 2. The maximum atomic E-state index is 12.1. The zero-order chi connectivity index (χ0) is 15.2. The number of thiophene rings is 1. The number of halogens is 1. The Bertz CT molecular complexity index is 721. The molecule has 0 atom stereocenters. The van der Waals surface area contributed by atoms with Gasteiger partial charge in [0, 0.05) is 18.2 Å². The lowest BCUT2D eigenvalue weighted by Crippen LogP contribution is -2.45. The standard InChI is InChI=1S/C14H14ClN3O2S/c1-14(2)5-10(19)18(11(20)6-14)7-9-16-12(15)8-3-4-21-13(8)17-9/h3-4H,5-7H2,1-2H3. The summed E-state index contributed by atoms with van der Waals surface area (Å²) in [5, 5.41) is 3.03. The van der Waals surface area contributed by atoms with E-state index in [2.05, 4.69) is 9.97 Å². The van der Waals surface area contributed by atoms with E-state index in [0.717, 1.165) is 10.2 Å². The van der Waals surface area contributed by atoms with Gasteiger partial charge in [-0.05, 0) is 16.9 Å². The zero-order valence-electron chi connectivity index (χ0n) is 11.7. The predicted octanol–water partition coefficient (Wildman–Crippen LogP) is 3.02. The minimum Gasteiger partial charge on any atom is -0.275 e. The van der Waals surface area contributed by atoms with E-state index >= 15 is 0 Å². The Balaban J connectivity index is 1.88. The Morgan fingerprint density at radius 2 is 1.95 bits per heavy atom. The summed E-state index contributed by atoms with van der Waals surface area (Å²) in [6, 6.07) is 1.85. The van der Waals surface area contributed by atoms with E-state index in [0.29, 0.717) is 23.8 Å². The first-order valence-corrected chi connectivity index (χ1v) is 7.84. The number of imide groups is 1. The molecule has 1 aliphatic heterocycles. The van der Waals surface area contributed by atoms with Gasteiger partial charge in [-0.3, -0.25) is 14.5 Å². The number of amides is 2. The lowest BCUT2D eigenvalue weighted by atomic mass is 9.82. The number of likely N-dealkylation sites (tertiary alicyclic amines) is 1. The summed E-state index contributed by atoms with van der Waals surface area (Å²) >= 11 is 7.56. The average Bonchev–Trinajstić information content (AvgIpc) is 2.81. The molecule has 3 rings (SSSR count). The largest absolute Gasteiger partial charge is 0.275 e. The number of hydrogen-bond donors (Lipinski definition) is 0. The molecule has 110 valence electrons. The molecule has 1 fully saturated rings. The van der Waals surface area contributed by atoms with E-state index in [1.165, 1.54) is 16.2 Å². The number of aromatic nitrogens is 2. The van der Waals surface area contributed by atoms with Crippen LogP contribution in [0.4, 0.5) is 0 Å². The quantitative estimate of drug-likeness (QED) is 0.629. The average molecular weight is 324 g/mol. The predicted molar refractivity (Wildman–Crippen MR) is 81.0 cm³/mol. The molecular formula is C14H14ClN3O2S. The highest BCUT2D eigenvalue weighted by molar-refractivity contribution is 7.16. The molecule has 1 aliphatic rings. The molecule has 2 amide bonds. The maximum absolute atomic E-state index is 12.1. The maximum Gasteiger partial charge on any atom is 0.230 e. The second-order valence-corrected chi connectivity index (χ2v) is 7.21. The molecule has 0 aromatic carbocycles. The van der Waals surface area contributed by atoms with E-state index in [4.69, 9.17) is 11.6 Å². The van der Waals surface area contributed by atoms with Gasteiger partial charge in [0.15, 0.2) is 5.82 Å². The Morgan fingerprint density at radius 1 is 1.29 bits per heavy atom. The fourth-order valence-electron chi connectivity index (χ4n) is 2.46. The molecule has 0 N–H and O–H groups in total. The minimum absolute atomic E-state index is 0.0846. The third-order valence-corrected chi connectivity index (χ3v) is 4.58. The van der Waals surface area contributed by atoms with Gasteiger partial charge < -0.3 is 0 Å². The number of nitrogens with zero attached hydrogens (tertiary/aromatic N) is 3. The summed E-state index contributed by atoms with van der Waals surface area (Å²) in [5.74, 6) is 0.0425. The first-order chi connectivity index (χ1) is 9.85. The fourth-order valence-corrected chi connectivity index (χ4v) is 3.55. The summed E-state index contributed by atoms with van der Waals surface area (Å²) in [6.45, 7) is 3.93. The van der Waals surface area contributed by atoms with E-state index < -0.39 is 0 Å². The van der Waals surface area contributed by atoms with Gasteiger partial charge in [-0.15, -0.1) is 11.3 Å². The highest BCUT2D eigenvalue weighted by Gasteiger charge is 2.37. The van der Waals surface area contributed by atoms with Gasteiger partial charge in [-0.25, -0.2) is 9.97 Å². The molecule has 7 heteroatoms. The van der Waals surface area contributed by atoms with E-state index in [9.17, 15) is 9.59 Å². The van der Waals surface area contributed by atoms with Crippen molar-refractivity contribution in [3.63, 3.8) is 0 Å². The molecule has 3 heterocycles. The Hall–Kier alpha value is -1.53. The van der Waals surface area contributed by atoms with Gasteiger partial charge in [-0.2, -0.15) is 0 Å². The van der Waals surface area contributed by atoms with Crippen molar-refractivity contribution in [1.29, 1.82) is 0 Å². The monoisotopic (exact) mass is 323 g/mol. The molecule has 5 nitrogen and oxygen atoms in total. The summed E-state index contributed by atoms with van der Waals surface area (Å²) in [5.41, 5.74) is -0.277. The van der Waals surface area contributed by atoms with Crippen molar-refractivity contribution in [2.45, 2.75) is 33.2 Å². The number of fused-ring (bicyclic) bond motifs is 1. The first-order valence-electron chi connectivity index (χ1n) is 6.58. The molecule has 2 aromatic rings. The van der Waals surface area contributed by atoms with Gasteiger partial charge in [0.05, 0.1) is 6.54 Å². The van der Waals surface area contributed by atoms with Crippen molar-refractivity contribution in [3.05, 3.63) is 22.4 Å². The lowest BCUT2D eigenvalue weighted by Gasteiger charge is -2.34. The summed E-state index contributed by atoms with van der Waals surface area (Å²) in [4.78, 5) is 34.8. The van der Waals surface area contributed by atoms with Crippen molar-refractivity contribution < 1.29 is 9.59 Å². The van der Waals surface area contributed by atoms with Crippen molar-refractivity contribution in [2.75, 3.05) is 0 Å². The van der Waals surface area contributed by atoms with E-state index in [1.807, 2.05) is 25.3 Å². The number of piperidine rings is 1. The second-order valence-electron chi connectivity index (χ2n) is 5.96. The Labute approximate surface area is 130 Å². The molecule has 0 unspecified atom stereocenters. The SMILES string of the molecule is CC1(C)CC(=O)N(Cc2nc(Cl)c3ccsc3n2)C(=O)C1. The van der Waals surface area contributed by atoms with E-state index in [1.54, 1.807) is 0 Å². The highest BCUT2D eigenvalue weighted by atomic mass is 35.5. The first kappa shape index (κ1) is 14.4. The Morgan fingerprint density at radius 3 is 2.62 bits per heavy atom. The molecule has 1 saturated heterocycles. The summed E-state index contributed by atoms with van der Waals surface area (Å²) in [6.07, 6.45) is 0.710.